The Morgan fingerprint density at radius 1 is 1.29 bits per heavy atom. The zero-order valence-corrected chi connectivity index (χ0v) is 12.3. The van der Waals surface area contributed by atoms with Gasteiger partial charge >= 0.3 is 0 Å². The molecule has 0 saturated carbocycles. The summed E-state index contributed by atoms with van der Waals surface area (Å²) in [7, 11) is 0. The first-order valence-corrected chi connectivity index (χ1v) is 8.10. The quantitative estimate of drug-likeness (QED) is 0.828. The molecular weight excluding hydrogens is 293 g/mol. The molecule has 0 bridgehead atoms. The molecule has 2 fully saturated rings. The summed E-state index contributed by atoms with van der Waals surface area (Å²) in [5.41, 5.74) is 0.191. The fourth-order valence-corrected chi connectivity index (χ4v) is 3.84. The molecule has 0 radical (unpaired) electrons. The topological polar surface area (TPSA) is 53.5 Å². The van der Waals surface area contributed by atoms with E-state index in [4.69, 9.17) is 0 Å². The van der Waals surface area contributed by atoms with Gasteiger partial charge in [-0.2, -0.15) is 0 Å². The third kappa shape index (κ3) is 2.88. The van der Waals surface area contributed by atoms with Crippen molar-refractivity contribution < 1.29 is 14.0 Å². The fourth-order valence-electron chi connectivity index (χ4n) is 2.69. The highest BCUT2D eigenvalue weighted by molar-refractivity contribution is 7.99. The van der Waals surface area contributed by atoms with Crippen LogP contribution in [0.1, 0.15) is 23.2 Å². The van der Waals surface area contributed by atoms with Gasteiger partial charge in [0.15, 0.2) is 0 Å². The summed E-state index contributed by atoms with van der Waals surface area (Å²) in [5.74, 6) is 0.193. The zero-order valence-electron chi connectivity index (χ0n) is 11.5. The van der Waals surface area contributed by atoms with Gasteiger partial charge in [0.25, 0.3) is 5.91 Å². The Morgan fingerprint density at radius 3 is 2.76 bits per heavy atom. The highest BCUT2D eigenvalue weighted by atomic mass is 32.2. The molecule has 112 valence electrons. The number of amides is 2. The summed E-state index contributed by atoms with van der Waals surface area (Å²) in [6.07, 6.45) is 4.44. The molecule has 0 N–H and O–H groups in total. The molecule has 0 aromatic carbocycles. The monoisotopic (exact) mass is 309 g/mol. The second-order valence-corrected chi connectivity index (χ2v) is 6.21. The van der Waals surface area contributed by atoms with E-state index in [1.165, 1.54) is 11.1 Å². The van der Waals surface area contributed by atoms with Crippen LogP contribution in [0, 0.1) is 5.82 Å². The fraction of sp³-hybridized carbons (Fsp3) is 0.500. The van der Waals surface area contributed by atoms with Gasteiger partial charge in [-0.3, -0.25) is 14.6 Å². The number of likely N-dealkylation sites (tertiary alicyclic amines) is 1. The van der Waals surface area contributed by atoms with Gasteiger partial charge in [-0.05, 0) is 18.9 Å². The second-order valence-electron chi connectivity index (χ2n) is 5.21. The first-order chi connectivity index (χ1) is 10.2. The lowest BCUT2D eigenvalue weighted by molar-refractivity contribution is -0.133. The lowest BCUT2D eigenvalue weighted by Crippen LogP contribution is -2.48. The average molecular weight is 309 g/mol. The van der Waals surface area contributed by atoms with Gasteiger partial charge in [0.1, 0.15) is 11.9 Å². The van der Waals surface area contributed by atoms with Crippen LogP contribution in [0.4, 0.5) is 4.39 Å². The molecule has 3 heterocycles. The summed E-state index contributed by atoms with van der Waals surface area (Å²) in [6.45, 7) is 1.53. The van der Waals surface area contributed by atoms with Crippen LogP contribution >= 0.6 is 11.8 Å². The van der Waals surface area contributed by atoms with E-state index in [9.17, 15) is 14.0 Å². The second kappa shape index (κ2) is 6.01. The third-order valence-corrected chi connectivity index (χ3v) is 4.81. The Hall–Kier alpha value is -1.63. The van der Waals surface area contributed by atoms with E-state index in [0.29, 0.717) is 11.6 Å². The highest BCUT2D eigenvalue weighted by Crippen LogP contribution is 2.25. The van der Waals surface area contributed by atoms with Gasteiger partial charge < -0.3 is 9.80 Å². The largest absolute Gasteiger partial charge is 0.341 e. The predicted octanol–water partition coefficient (Wildman–Crippen LogP) is 1.36. The van der Waals surface area contributed by atoms with Gasteiger partial charge in [0, 0.05) is 25.0 Å². The third-order valence-electron chi connectivity index (χ3n) is 3.80. The van der Waals surface area contributed by atoms with Crippen LogP contribution in [0.25, 0.3) is 0 Å². The minimum absolute atomic E-state index is 0.00946. The van der Waals surface area contributed by atoms with Crippen LogP contribution in [-0.2, 0) is 4.79 Å². The lowest BCUT2D eigenvalue weighted by atomic mass is 10.2. The molecule has 2 aliphatic rings. The molecule has 0 spiro atoms. The number of thioether (sulfide) groups is 1. The Kier molecular flexibility index (Phi) is 4.10. The van der Waals surface area contributed by atoms with E-state index >= 15 is 0 Å². The highest BCUT2D eigenvalue weighted by Gasteiger charge is 2.38. The summed E-state index contributed by atoms with van der Waals surface area (Å²) in [5, 5.41) is 0. The van der Waals surface area contributed by atoms with Crippen molar-refractivity contribution in [2.45, 2.75) is 18.9 Å². The first-order valence-electron chi connectivity index (χ1n) is 6.95. The molecule has 2 amide bonds. The maximum atomic E-state index is 13.2. The zero-order chi connectivity index (χ0) is 14.8. The van der Waals surface area contributed by atoms with E-state index < -0.39 is 11.9 Å². The van der Waals surface area contributed by atoms with Crippen LogP contribution < -0.4 is 0 Å². The van der Waals surface area contributed by atoms with E-state index in [-0.39, 0.29) is 17.4 Å². The minimum Gasteiger partial charge on any atom is -0.341 e. The smallest absolute Gasteiger partial charge is 0.256 e. The molecule has 2 saturated heterocycles. The van der Waals surface area contributed by atoms with Crippen LogP contribution in [-0.4, -0.2) is 57.4 Å². The van der Waals surface area contributed by atoms with Crippen molar-refractivity contribution in [1.29, 1.82) is 0 Å². The van der Waals surface area contributed by atoms with Crippen LogP contribution in [0.5, 0.6) is 0 Å². The van der Waals surface area contributed by atoms with Crippen molar-refractivity contribution in [2.75, 3.05) is 24.7 Å². The van der Waals surface area contributed by atoms with Crippen molar-refractivity contribution in [1.82, 2.24) is 14.8 Å². The van der Waals surface area contributed by atoms with Crippen molar-refractivity contribution >= 4 is 23.6 Å². The number of halogens is 1. The normalized spacial score (nSPS) is 21.9. The Balaban J connectivity index is 1.77. The van der Waals surface area contributed by atoms with Crippen LogP contribution in [0.2, 0.25) is 0 Å². The Bertz CT molecular complexity index is 563. The summed E-state index contributed by atoms with van der Waals surface area (Å²) < 4.78 is 13.2. The van der Waals surface area contributed by atoms with E-state index in [1.807, 2.05) is 4.90 Å². The molecule has 1 aromatic rings. The predicted molar refractivity (Wildman–Crippen MR) is 77.3 cm³/mol. The molecule has 1 unspecified atom stereocenters. The SMILES string of the molecule is O=C(C1CSCN1C(=O)c1cncc(F)c1)N1CCCC1. The number of carbonyl (C=O) groups excluding carboxylic acids is 2. The number of pyridine rings is 1. The molecule has 21 heavy (non-hydrogen) atoms. The van der Waals surface area contributed by atoms with Gasteiger partial charge in [0.2, 0.25) is 5.91 Å². The molecule has 3 rings (SSSR count). The first kappa shape index (κ1) is 14.3. The average Bonchev–Trinajstić information content (AvgIpc) is 3.17. The molecule has 1 atom stereocenters. The number of hydrogen-bond acceptors (Lipinski definition) is 4. The summed E-state index contributed by atoms with van der Waals surface area (Å²) in [4.78, 5) is 32.0. The molecule has 5 nitrogen and oxygen atoms in total. The lowest BCUT2D eigenvalue weighted by Gasteiger charge is -2.27. The van der Waals surface area contributed by atoms with Gasteiger partial charge in [-0.25, -0.2) is 4.39 Å². The van der Waals surface area contributed by atoms with E-state index in [2.05, 4.69) is 4.98 Å². The Morgan fingerprint density at radius 2 is 2.05 bits per heavy atom. The molecule has 2 aliphatic heterocycles. The van der Waals surface area contributed by atoms with Gasteiger partial charge in [-0.1, -0.05) is 0 Å². The van der Waals surface area contributed by atoms with Gasteiger partial charge in [0.05, 0.1) is 17.6 Å². The number of hydrogen-bond donors (Lipinski definition) is 0. The number of aromatic nitrogens is 1. The van der Waals surface area contributed by atoms with Crippen molar-refractivity contribution in [3.63, 3.8) is 0 Å². The van der Waals surface area contributed by atoms with Crippen molar-refractivity contribution in [3.8, 4) is 0 Å². The van der Waals surface area contributed by atoms with E-state index in [0.717, 1.165) is 38.2 Å². The molecule has 0 aliphatic carbocycles. The number of carbonyl (C=O) groups is 2. The summed E-state index contributed by atoms with van der Waals surface area (Å²) >= 11 is 1.55. The van der Waals surface area contributed by atoms with Crippen LogP contribution in [0.15, 0.2) is 18.5 Å². The van der Waals surface area contributed by atoms with Crippen molar-refractivity contribution in [3.05, 3.63) is 29.8 Å². The maximum absolute atomic E-state index is 13.2. The number of nitrogens with zero attached hydrogens (tertiary/aromatic N) is 3. The molecule has 1 aromatic heterocycles. The maximum Gasteiger partial charge on any atom is 0.256 e. The molecule has 7 heteroatoms. The minimum atomic E-state index is -0.546. The van der Waals surface area contributed by atoms with Gasteiger partial charge in [-0.15, -0.1) is 11.8 Å². The number of rotatable bonds is 2. The molecular formula is C14H16FN3O2S. The van der Waals surface area contributed by atoms with E-state index in [1.54, 1.807) is 11.8 Å². The van der Waals surface area contributed by atoms with Crippen LogP contribution in [0.3, 0.4) is 0 Å². The summed E-state index contributed by atoms with van der Waals surface area (Å²) in [6, 6.07) is 0.722. The van der Waals surface area contributed by atoms with Crippen molar-refractivity contribution in [2.24, 2.45) is 0 Å². The standard InChI is InChI=1S/C14H16FN3O2S/c15-11-5-10(6-16-7-11)13(19)18-9-21-8-12(18)14(20)17-3-1-2-4-17/h5-7,12H,1-4,8-9H2. The Labute approximate surface area is 126 Å².